The highest BCUT2D eigenvalue weighted by Crippen LogP contribution is 2.32. The second-order valence-electron chi connectivity index (χ2n) is 5.58. The summed E-state index contributed by atoms with van der Waals surface area (Å²) in [4.78, 5) is 26.2. The van der Waals surface area contributed by atoms with E-state index in [-0.39, 0.29) is 18.5 Å². The Hall–Kier alpha value is -1.88. The summed E-state index contributed by atoms with van der Waals surface area (Å²) in [6.45, 7) is 1.93. The lowest BCUT2D eigenvalue weighted by atomic mass is 10.1. The van der Waals surface area contributed by atoms with Crippen LogP contribution >= 0.6 is 11.3 Å². The lowest BCUT2D eigenvalue weighted by Gasteiger charge is -2.23. The molecule has 1 aromatic carbocycles. The summed E-state index contributed by atoms with van der Waals surface area (Å²) >= 11 is 1.48. The fourth-order valence-electron chi connectivity index (χ4n) is 2.39. The second-order valence-corrected chi connectivity index (χ2v) is 6.66. The molecule has 0 aliphatic heterocycles. The van der Waals surface area contributed by atoms with Crippen LogP contribution in [0.2, 0.25) is 0 Å². The first-order chi connectivity index (χ1) is 10.1. The molecule has 0 radical (unpaired) electrons. The second kappa shape index (κ2) is 5.48. The fourth-order valence-corrected chi connectivity index (χ4v) is 3.40. The fraction of sp³-hybridized carbons (Fsp3) is 0.375. The number of carbonyl (C=O) groups is 2. The Bertz CT molecular complexity index is 657. The first-order valence-corrected chi connectivity index (χ1v) is 7.90. The van der Waals surface area contributed by atoms with Crippen LogP contribution in [-0.4, -0.2) is 34.5 Å². The number of amides is 1. The molecule has 3 rings (SSSR count). The largest absolute Gasteiger partial charge is 0.481 e. The Morgan fingerprint density at radius 2 is 2.10 bits per heavy atom. The van der Waals surface area contributed by atoms with E-state index in [1.54, 1.807) is 11.8 Å². The van der Waals surface area contributed by atoms with Crippen LogP contribution in [0.5, 0.6) is 0 Å². The number of hydrogen-bond acceptors (Lipinski definition) is 3. The monoisotopic (exact) mass is 303 g/mol. The third-order valence-corrected chi connectivity index (χ3v) is 4.88. The minimum atomic E-state index is -0.857. The number of thiophene rings is 1. The number of rotatable bonds is 5. The van der Waals surface area contributed by atoms with Crippen molar-refractivity contribution in [1.29, 1.82) is 0 Å². The maximum absolute atomic E-state index is 12.7. The van der Waals surface area contributed by atoms with Crippen molar-refractivity contribution in [2.45, 2.75) is 25.8 Å². The van der Waals surface area contributed by atoms with Crippen LogP contribution in [0.4, 0.5) is 0 Å². The van der Waals surface area contributed by atoms with E-state index >= 15 is 0 Å². The summed E-state index contributed by atoms with van der Waals surface area (Å²) in [5.41, 5.74) is 0. The van der Waals surface area contributed by atoms with Gasteiger partial charge in [-0.3, -0.25) is 9.59 Å². The molecule has 1 heterocycles. The molecule has 1 aliphatic rings. The summed E-state index contributed by atoms with van der Waals surface area (Å²) in [5, 5.41) is 10.1. The van der Waals surface area contributed by atoms with Gasteiger partial charge in [-0.15, -0.1) is 11.3 Å². The Morgan fingerprint density at radius 3 is 2.71 bits per heavy atom. The Balaban J connectivity index is 1.85. The van der Waals surface area contributed by atoms with Gasteiger partial charge in [-0.05, 0) is 30.4 Å². The van der Waals surface area contributed by atoms with E-state index in [1.165, 1.54) is 11.3 Å². The highest BCUT2D eigenvalue weighted by Gasteiger charge is 2.35. The van der Waals surface area contributed by atoms with Gasteiger partial charge in [-0.1, -0.05) is 25.1 Å². The van der Waals surface area contributed by atoms with Gasteiger partial charge in [-0.25, -0.2) is 0 Å². The van der Waals surface area contributed by atoms with Crippen LogP contribution in [-0.2, 0) is 4.79 Å². The van der Waals surface area contributed by atoms with E-state index in [9.17, 15) is 9.59 Å². The van der Waals surface area contributed by atoms with E-state index in [2.05, 4.69) is 0 Å². The summed E-state index contributed by atoms with van der Waals surface area (Å²) in [7, 11) is 0. The van der Waals surface area contributed by atoms with E-state index in [4.69, 9.17) is 5.11 Å². The average Bonchev–Trinajstić information content (AvgIpc) is 3.21. The Kier molecular flexibility index (Phi) is 3.68. The molecule has 0 bridgehead atoms. The first-order valence-electron chi connectivity index (χ1n) is 7.08. The van der Waals surface area contributed by atoms with E-state index in [1.807, 2.05) is 30.3 Å². The van der Waals surface area contributed by atoms with Crippen molar-refractivity contribution in [3.63, 3.8) is 0 Å². The molecule has 0 unspecified atom stereocenters. The zero-order valence-corrected chi connectivity index (χ0v) is 12.6. The normalized spacial score (nSPS) is 15.9. The van der Waals surface area contributed by atoms with Crippen molar-refractivity contribution in [2.75, 3.05) is 6.54 Å². The van der Waals surface area contributed by atoms with Crippen LogP contribution in [0, 0.1) is 5.92 Å². The minimum absolute atomic E-state index is 0.0354. The van der Waals surface area contributed by atoms with Gasteiger partial charge in [0.25, 0.3) is 5.91 Å². The smallest absolute Gasteiger partial charge is 0.308 e. The van der Waals surface area contributed by atoms with Gasteiger partial charge in [-0.2, -0.15) is 0 Å². The maximum Gasteiger partial charge on any atom is 0.308 e. The third-order valence-electron chi connectivity index (χ3n) is 3.78. The van der Waals surface area contributed by atoms with Crippen LogP contribution in [0.1, 0.15) is 29.4 Å². The van der Waals surface area contributed by atoms with E-state index < -0.39 is 11.9 Å². The lowest BCUT2D eigenvalue weighted by Crippen LogP contribution is -2.38. The maximum atomic E-state index is 12.7. The molecular weight excluding hydrogens is 286 g/mol. The first kappa shape index (κ1) is 14.1. The predicted octanol–water partition coefficient (Wildman–Crippen LogP) is 3.23. The summed E-state index contributed by atoms with van der Waals surface area (Å²) < 4.78 is 1.09. The molecule has 1 fully saturated rings. The number of carbonyl (C=O) groups excluding carboxylic acids is 1. The third kappa shape index (κ3) is 2.93. The van der Waals surface area contributed by atoms with Gasteiger partial charge >= 0.3 is 5.97 Å². The van der Waals surface area contributed by atoms with Crippen molar-refractivity contribution in [3.05, 3.63) is 35.2 Å². The zero-order chi connectivity index (χ0) is 15.0. The summed E-state index contributed by atoms with van der Waals surface area (Å²) in [6, 6.07) is 10.0. The molecule has 1 N–H and O–H groups in total. The number of aliphatic carboxylic acids is 1. The lowest BCUT2D eigenvalue weighted by molar-refractivity contribution is -0.141. The van der Waals surface area contributed by atoms with Gasteiger partial charge in [0.15, 0.2) is 0 Å². The van der Waals surface area contributed by atoms with Crippen molar-refractivity contribution in [3.8, 4) is 0 Å². The minimum Gasteiger partial charge on any atom is -0.481 e. The molecule has 1 saturated carbocycles. The highest BCUT2D eigenvalue weighted by molar-refractivity contribution is 7.20. The summed E-state index contributed by atoms with van der Waals surface area (Å²) in [6.07, 6.45) is 1.95. The Morgan fingerprint density at radius 1 is 1.38 bits per heavy atom. The quantitative estimate of drug-likeness (QED) is 0.922. The van der Waals surface area contributed by atoms with E-state index in [0.29, 0.717) is 4.88 Å². The topological polar surface area (TPSA) is 57.6 Å². The molecule has 1 aliphatic carbocycles. The number of carboxylic acids is 1. The van der Waals surface area contributed by atoms with Crippen LogP contribution < -0.4 is 0 Å². The predicted molar refractivity (Wildman–Crippen MR) is 82.7 cm³/mol. The van der Waals surface area contributed by atoms with Crippen molar-refractivity contribution in [1.82, 2.24) is 4.90 Å². The average molecular weight is 303 g/mol. The van der Waals surface area contributed by atoms with Crippen molar-refractivity contribution >= 4 is 33.3 Å². The molecular formula is C16H17NO3S. The molecule has 1 amide bonds. The van der Waals surface area contributed by atoms with Gasteiger partial charge in [0.2, 0.25) is 0 Å². The number of fused-ring (bicyclic) bond motifs is 1. The molecule has 1 atom stereocenters. The molecule has 1 aromatic heterocycles. The zero-order valence-electron chi connectivity index (χ0n) is 11.8. The molecule has 4 nitrogen and oxygen atoms in total. The molecule has 0 spiro atoms. The number of hydrogen-bond donors (Lipinski definition) is 1. The summed E-state index contributed by atoms with van der Waals surface area (Å²) in [5.74, 6) is -1.43. The number of benzene rings is 1. The standard InChI is InChI=1S/C16H17NO3S/c1-10(16(19)20)9-17(12-6-7-12)15(18)14-8-11-4-2-3-5-13(11)21-14/h2-5,8,10,12H,6-7,9H2,1H3,(H,19,20)/t10-/m1/s1. The molecule has 5 heteroatoms. The van der Waals surface area contributed by atoms with Gasteiger partial charge in [0.1, 0.15) is 0 Å². The molecule has 0 saturated heterocycles. The molecule has 21 heavy (non-hydrogen) atoms. The number of carboxylic acid groups (broad SMARTS) is 1. The van der Waals surface area contributed by atoms with Crippen LogP contribution in [0.15, 0.2) is 30.3 Å². The molecule has 2 aromatic rings. The van der Waals surface area contributed by atoms with Gasteiger partial charge in [0, 0.05) is 17.3 Å². The highest BCUT2D eigenvalue weighted by atomic mass is 32.1. The van der Waals surface area contributed by atoms with Crippen molar-refractivity contribution in [2.24, 2.45) is 5.92 Å². The van der Waals surface area contributed by atoms with Gasteiger partial charge < -0.3 is 10.0 Å². The van der Waals surface area contributed by atoms with Crippen molar-refractivity contribution < 1.29 is 14.7 Å². The molecule has 110 valence electrons. The Labute approximate surface area is 127 Å². The van der Waals surface area contributed by atoms with E-state index in [0.717, 1.165) is 22.9 Å². The van der Waals surface area contributed by atoms with Crippen LogP contribution in [0.3, 0.4) is 0 Å². The van der Waals surface area contributed by atoms with Gasteiger partial charge in [0.05, 0.1) is 10.8 Å². The SMILES string of the molecule is C[C@H](CN(C(=O)c1cc2ccccc2s1)C1CC1)C(=O)O. The van der Waals surface area contributed by atoms with Crippen LogP contribution in [0.25, 0.3) is 10.1 Å². The number of nitrogens with zero attached hydrogens (tertiary/aromatic N) is 1.